The van der Waals surface area contributed by atoms with E-state index in [1.54, 1.807) is 0 Å². The first-order valence-electron chi connectivity index (χ1n) is 7.79. The number of carbonyl (C=O) groups excluding carboxylic acids is 1. The Kier molecular flexibility index (Phi) is 5.41. The fraction of sp³-hybridized carbons (Fsp3) is 0.0588. The molecular formula is C17H10ClF3N4O4. The van der Waals surface area contributed by atoms with E-state index in [2.05, 4.69) is 10.4 Å². The highest BCUT2D eigenvalue weighted by Gasteiger charge is 2.40. The third-order valence-electron chi connectivity index (χ3n) is 3.58. The van der Waals surface area contributed by atoms with Gasteiger partial charge in [0, 0.05) is 17.2 Å². The summed E-state index contributed by atoms with van der Waals surface area (Å²) >= 11 is 5.74. The lowest BCUT2D eigenvalue weighted by Crippen LogP contribution is -2.20. The lowest BCUT2D eigenvalue weighted by atomic mass is 10.3. The first-order chi connectivity index (χ1) is 13.6. The standard InChI is InChI=1S/C17H10ClF3N4O4/c18-10-4-6-12(7-5-10)24-15(17(19,20)21)14(9-22-24)29-16(26)23-11-2-1-3-13(8-11)25(27)28/h1-9H,(H,23,26). The molecule has 3 rings (SSSR count). The minimum Gasteiger partial charge on any atom is -0.406 e. The number of halogens is 4. The van der Waals surface area contributed by atoms with Gasteiger partial charge in [-0.1, -0.05) is 17.7 Å². The van der Waals surface area contributed by atoms with Gasteiger partial charge in [-0.2, -0.15) is 18.3 Å². The van der Waals surface area contributed by atoms with Crippen LogP contribution in [0, 0.1) is 10.1 Å². The van der Waals surface area contributed by atoms with E-state index in [9.17, 15) is 28.1 Å². The van der Waals surface area contributed by atoms with E-state index in [-0.39, 0.29) is 17.1 Å². The molecule has 1 amide bonds. The Morgan fingerprint density at radius 2 is 1.90 bits per heavy atom. The van der Waals surface area contributed by atoms with Gasteiger partial charge < -0.3 is 4.74 Å². The van der Waals surface area contributed by atoms with Crippen LogP contribution in [0.3, 0.4) is 0 Å². The molecule has 3 aromatic rings. The van der Waals surface area contributed by atoms with Crippen LogP contribution < -0.4 is 10.1 Å². The molecule has 12 heteroatoms. The highest BCUT2D eigenvalue weighted by Crippen LogP contribution is 2.38. The van der Waals surface area contributed by atoms with Crippen LogP contribution in [0.2, 0.25) is 5.02 Å². The summed E-state index contributed by atoms with van der Waals surface area (Å²) in [6, 6.07) is 10.2. The highest BCUT2D eigenvalue weighted by molar-refractivity contribution is 6.30. The van der Waals surface area contributed by atoms with Crippen LogP contribution in [0.5, 0.6) is 5.75 Å². The number of nitro groups is 1. The summed E-state index contributed by atoms with van der Waals surface area (Å²) in [5, 5.41) is 16.9. The van der Waals surface area contributed by atoms with Gasteiger partial charge >= 0.3 is 12.3 Å². The van der Waals surface area contributed by atoms with E-state index < -0.39 is 28.6 Å². The number of hydrogen-bond donors (Lipinski definition) is 1. The molecule has 1 N–H and O–H groups in total. The number of nitrogens with one attached hydrogen (secondary N) is 1. The van der Waals surface area contributed by atoms with Crippen LogP contribution in [0.1, 0.15) is 5.69 Å². The van der Waals surface area contributed by atoms with Gasteiger partial charge in [0.15, 0.2) is 11.4 Å². The van der Waals surface area contributed by atoms with E-state index >= 15 is 0 Å². The van der Waals surface area contributed by atoms with Gasteiger partial charge in [-0.25, -0.2) is 9.48 Å². The number of benzene rings is 2. The molecule has 0 radical (unpaired) electrons. The summed E-state index contributed by atoms with van der Waals surface area (Å²) in [5.41, 5.74) is -1.60. The molecule has 0 atom stereocenters. The Morgan fingerprint density at radius 1 is 1.21 bits per heavy atom. The molecule has 0 saturated carbocycles. The number of nitro benzene ring substituents is 1. The number of hydrogen-bond acceptors (Lipinski definition) is 5. The van der Waals surface area contributed by atoms with Crippen LogP contribution in [0.4, 0.5) is 29.3 Å². The fourth-order valence-electron chi connectivity index (χ4n) is 2.39. The van der Waals surface area contributed by atoms with Gasteiger partial charge in [0.25, 0.3) is 5.69 Å². The summed E-state index contributed by atoms with van der Waals surface area (Å²) < 4.78 is 46.0. The SMILES string of the molecule is O=C(Nc1cccc([N+](=O)[O-])c1)Oc1cnn(-c2ccc(Cl)cc2)c1C(F)(F)F. The quantitative estimate of drug-likeness (QED) is 0.464. The third kappa shape index (κ3) is 4.63. The Morgan fingerprint density at radius 3 is 2.52 bits per heavy atom. The minimum atomic E-state index is -4.89. The van der Waals surface area contributed by atoms with Crippen LogP contribution in [-0.4, -0.2) is 20.8 Å². The largest absolute Gasteiger partial charge is 0.437 e. The molecule has 0 aliphatic rings. The molecule has 1 heterocycles. The minimum absolute atomic E-state index is 0.0251. The second kappa shape index (κ2) is 7.80. The average molecular weight is 427 g/mol. The van der Waals surface area contributed by atoms with Gasteiger partial charge in [-0.3, -0.25) is 15.4 Å². The number of amides is 1. The lowest BCUT2D eigenvalue weighted by Gasteiger charge is -2.13. The monoisotopic (exact) mass is 426 g/mol. The zero-order chi connectivity index (χ0) is 21.2. The molecule has 0 fully saturated rings. The molecule has 0 saturated heterocycles. The normalized spacial score (nSPS) is 11.2. The number of carbonyl (C=O) groups is 1. The number of anilines is 1. The van der Waals surface area contributed by atoms with Crippen LogP contribution >= 0.6 is 11.6 Å². The van der Waals surface area contributed by atoms with Crippen molar-refractivity contribution in [3.05, 3.63) is 75.6 Å². The molecule has 8 nitrogen and oxygen atoms in total. The molecule has 0 aliphatic heterocycles. The summed E-state index contributed by atoms with van der Waals surface area (Å²) in [5.74, 6) is -0.838. The van der Waals surface area contributed by atoms with Crippen molar-refractivity contribution in [1.82, 2.24) is 9.78 Å². The van der Waals surface area contributed by atoms with Crippen molar-refractivity contribution in [3.8, 4) is 11.4 Å². The third-order valence-corrected chi connectivity index (χ3v) is 3.83. The van der Waals surface area contributed by atoms with Crippen molar-refractivity contribution >= 4 is 29.1 Å². The van der Waals surface area contributed by atoms with E-state index in [4.69, 9.17) is 16.3 Å². The second-order valence-corrected chi connectivity index (χ2v) is 6.00. The fourth-order valence-corrected chi connectivity index (χ4v) is 2.51. The van der Waals surface area contributed by atoms with Crippen LogP contribution in [0.15, 0.2) is 54.7 Å². The summed E-state index contributed by atoms with van der Waals surface area (Å²) in [6.45, 7) is 0. The summed E-state index contributed by atoms with van der Waals surface area (Å²) in [7, 11) is 0. The Hall–Kier alpha value is -3.60. The van der Waals surface area contributed by atoms with Gasteiger partial charge in [0.2, 0.25) is 0 Å². The van der Waals surface area contributed by atoms with Gasteiger partial charge in [-0.05, 0) is 30.3 Å². The topological polar surface area (TPSA) is 99.3 Å². The molecule has 1 aromatic heterocycles. The Bertz CT molecular complexity index is 1070. The maximum atomic E-state index is 13.6. The van der Waals surface area contributed by atoms with Gasteiger partial charge in [0.1, 0.15) is 0 Å². The van der Waals surface area contributed by atoms with Crippen LogP contribution in [0.25, 0.3) is 5.69 Å². The number of rotatable bonds is 4. The van der Waals surface area contributed by atoms with Crippen molar-refractivity contribution in [2.75, 3.05) is 5.32 Å². The van der Waals surface area contributed by atoms with E-state index in [0.717, 1.165) is 12.3 Å². The Labute approximate surface area is 165 Å². The average Bonchev–Trinajstić information content (AvgIpc) is 3.06. The highest BCUT2D eigenvalue weighted by atomic mass is 35.5. The molecule has 0 unspecified atom stereocenters. The molecule has 2 aromatic carbocycles. The first kappa shape index (κ1) is 20.1. The molecule has 0 bridgehead atoms. The lowest BCUT2D eigenvalue weighted by molar-refractivity contribution is -0.384. The predicted molar refractivity (Wildman–Crippen MR) is 96.3 cm³/mol. The van der Waals surface area contributed by atoms with Gasteiger partial charge in [0.05, 0.1) is 22.5 Å². The second-order valence-electron chi connectivity index (χ2n) is 5.57. The Balaban J connectivity index is 1.87. The van der Waals surface area contributed by atoms with E-state index in [1.807, 2.05) is 0 Å². The van der Waals surface area contributed by atoms with Gasteiger partial charge in [-0.15, -0.1) is 0 Å². The molecule has 29 heavy (non-hydrogen) atoms. The van der Waals surface area contributed by atoms with E-state index in [1.165, 1.54) is 42.5 Å². The molecule has 0 spiro atoms. The zero-order valence-electron chi connectivity index (χ0n) is 14.2. The number of alkyl halides is 3. The predicted octanol–water partition coefficient (Wildman–Crippen LogP) is 5.06. The summed E-state index contributed by atoms with van der Waals surface area (Å²) in [4.78, 5) is 22.1. The number of non-ortho nitro benzene ring substituents is 1. The van der Waals surface area contributed by atoms with E-state index in [0.29, 0.717) is 9.70 Å². The molecule has 150 valence electrons. The maximum Gasteiger partial charge on any atom is 0.437 e. The van der Waals surface area contributed by atoms with Crippen molar-refractivity contribution in [1.29, 1.82) is 0 Å². The number of ether oxygens (including phenoxy) is 1. The summed E-state index contributed by atoms with van der Waals surface area (Å²) in [6.07, 6.45) is -5.42. The van der Waals surface area contributed by atoms with Crippen molar-refractivity contribution < 1.29 is 27.6 Å². The first-order valence-corrected chi connectivity index (χ1v) is 8.17. The molecule has 0 aliphatic carbocycles. The smallest absolute Gasteiger partial charge is 0.406 e. The number of aromatic nitrogens is 2. The number of nitrogens with zero attached hydrogens (tertiary/aromatic N) is 3. The van der Waals surface area contributed by atoms with Crippen molar-refractivity contribution in [3.63, 3.8) is 0 Å². The zero-order valence-corrected chi connectivity index (χ0v) is 14.9. The van der Waals surface area contributed by atoms with Crippen LogP contribution in [-0.2, 0) is 6.18 Å². The maximum absolute atomic E-state index is 13.6. The van der Waals surface area contributed by atoms with Crippen molar-refractivity contribution in [2.24, 2.45) is 0 Å². The van der Waals surface area contributed by atoms with Crippen molar-refractivity contribution in [2.45, 2.75) is 6.18 Å². The molecular weight excluding hydrogens is 417 g/mol.